The molecule has 0 saturated carbocycles. The predicted molar refractivity (Wildman–Crippen MR) is 102 cm³/mol. The minimum atomic E-state index is -4.52. The van der Waals surface area contributed by atoms with Crippen LogP contribution in [0.3, 0.4) is 0 Å². The van der Waals surface area contributed by atoms with Crippen LogP contribution in [-0.4, -0.2) is 51.8 Å². The molecule has 0 unspecified atom stereocenters. The van der Waals surface area contributed by atoms with Gasteiger partial charge in [-0.3, -0.25) is 9.59 Å². The first-order chi connectivity index (χ1) is 14.5. The largest absolute Gasteiger partial charge is 0.405 e. The van der Waals surface area contributed by atoms with Crippen LogP contribution in [0, 0.1) is 18.3 Å². The van der Waals surface area contributed by atoms with Crippen LogP contribution in [0.1, 0.15) is 22.3 Å². The van der Waals surface area contributed by atoms with Gasteiger partial charge in [-0.2, -0.15) is 18.4 Å². The molecule has 0 spiro atoms. The van der Waals surface area contributed by atoms with Crippen LogP contribution >= 0.6 is 0 Å². The molecule has 1 atom stereocenters. The third-order valence-corrected chi connectivity index (χ3v) is 4.60. The Morgan fingerprint density at radius 3 is 2.68 bits per heavy atom. The molecule has 1 fully saturated rings. The average Bonchev–Trinajstić information content (AvgIpc) is 3.01. The summed E-state index contributed by atoms with van der Waals surface area (Å²) in [5.74, 6) is -1.06. The number of nitrogens with one attached hydrogen (secondary N) is 2. The molecule has 0 aliphatic carbocycles. The van der Waals surface area contributed by atoms with Gasteiger partial charge in [-0.1, -0.05) is 0 Å². The van der Waals surface area contributed by atoms with Crippen LogP contribution in [-0.2, 0) is 4.79 Å². The number of nitriles is 1. The van der Waals surface area contributed by atoms with E-state index in [1.165, 1.54) is 23.2 Å². The van der Waals surface area contributed by atoms with Gasteiger partial charge >= 0.3 is 6.18 Å². The van der Waals surface area contributed by atoms with E-state index in [2.05, 4.69) is 15.3 Å². The number of hydrogen-bond acceptors (Lipinski definition) is 7. The van der Waals surface area contributed by atoms with E-state index >= 15 is 0 Å². The van der Waals surface area contributed by atoms with E-state index < -0.39 is 30.1 Å². The molecule has 3 rings (SSSR count). The fourth-order valence-electron chi connectivity index (χ4n) is 2.98. The van der Waals surface area contributed by atoms with Gasteiger partial charge in [0.1, 0.15) is 24.2 Å². The number of rotatable bonds is 5. The SMILES string of the molecule is Cc1cc(Nc2cc(N3CC[C@](O)(C#N)C3=O)ccn2)ncc1C(=O)NCC(F)(F)F. The summed E-state index contributed by atoms with van der Waals surface area (Å²) >= 11 is 0. The normalized spacial score (nSPS) is 18.6. The average molecular weight is 434 g/mol. The fourth-order valence-corrected chi connectivity index (χ4v) is 2.98. The molecule has 9 nitrogen and oxygen atoms in total. The minimum Gasteiger partial charge on any atom is -0.368 e. The van der Waals surface area contributed by atoms with Gasteiger partial charge in [-0.25, -0.2) is 9.97 Å². The second kappa shape index (κ2) is 8.19. The highest BCUT2D eigenvalue weighted by molar-refractivity contribution is 6.03. The Hall–Kier alpha value is -3.72. The molecular weight excluding hydrogens is 417 g/mol. The van der Waals surface area contributed by atoms with Gasteiger partial charge in [0.25, 0.3) is 11.8 Å². The van der Waals surface area contributed by atoms with Crippen molar-refractivity contribution in [1.82, 2.24) is 15.3 Å². The zero-order chi connectivity index (χ0) is 22.8. The quantitative estimate of drug-likeness (QED) is 0.612. The molecule has 162 valence electrons. The second-order valence-corrected chi connectivity index (χ2v) is 6.89. The maximum atomic E-state index is 12.3. The topological polar surface area (TPSA) is 131 Å². The molecule has 0 bridgehead atoms. The van der Waals surface area contributed by atoms with Gasteiger partial charge in [-0.05, 0) is 24.6 Å². The summed E-state index contributed by atoms with van der Waals surface area (Å²) in [5.41, 5.74) is -1.26. The monoisotopic (exact) mass is 434 g/mol. The molecule has 12 heteroatoms. The molecule has 1 aliphatic rings. The number of alkyl halides is 3. The summed E-state index contributed by atoms with van der Waals surface area (Å²) in [5, 5.41) is 23.7. The molecular formula is C19H17F3N6O3. The highest BCUT2D eigenvalue weighted by Crippen LogP contribution is 2.29. The fraction of sp³-hybridized carbons (Fsp3) is 0.316. The standard InChI is InChI=1S/C19H17F3N6O3/c1-11-6-14(25-8-13(11)16(29)26-10-19(20,21)22)27-15-7-12(2-4-24-15)28-5-3-18(31,9-23)17(28)30/h2,4,6-8,31H,3,5,10H2,1H3,(H,26,29)(H,24,25,27)/t18-/m0/s1. The van der Waals surface area contributed by atoms with Gasteiger partial charge in [0.05, 0.1) is 5.56 Å². The van der Waals surface area contributed by atoms with E-state index in [-0.39, 0.29) is 24.3 Å². The number of aliphatic hydroxyl groups is 1. The number of carbonyl (C=O) groups excluding carboxylic acids is 2. The molecule has 2 amide bonds. The van der Waals surface area contributed by atoms with Crippen LogP contribution in [0.2, 0.25) is 0 Å². The number of aromatic nitrogens is 2. The Morgan fingerprint density at radius 2 is 2.06 bits per heavy atom. The maximum absolute atomic E-state index is 12.3. The lowest BCUT2D eigenvalue weighted by Crippen LogP contribution is -2.38. The van der Waals surface area contributed by atoms with Gasteiger partial charge in [0, 0.05) is 37.1 Å². The highest BCUT2D eigenvalue weighted by atomic mass is 19.4. The van der Waals surface area contributed by atoms with E-state index in [0.717, 1.165) is 6.20 Å². The zero-order valence-corrected chi connectivity index (χ0v) is 16.2. The predicted octanol–water partition coefficient (Wildman–Crippen LogP) is 1.81. The summed E-state index contributed by atoms with van der Waals surface area (Å²) in [6.45, 7) is 0.258. The van der Waals surface area contributed by atoms with Crippen molar-refractivity contribution in [3.63, 3.8) is 0 Å². The number of amides is 2. The summed E-state index contributed by atoms with van der Waals surface area (Å²) in [6, 6.07) is 6.13. The number of nitrogens with zero attached hydrogens (tertiary/aromatic N) is 4. The zero-order valence-electron chi connectivity index (χ0n) is 16.2. The van der Waals surface area contributed by atoms with Crippen LogP contribution in [0.4, 0.5) is 30.5 Å². The van der Waals surface area contributed by atoms with Crippen molar-refractivity contribution in [1.29, 1.82) is 5.26 Å². The Labute approximate surface area is 174 Å². The molecule has 2 aromatic rings. The first-order valence-corrected chi connectivity index (χ1v) is 9.03. The second-order valence-electron chi connectivity index (χ2n) is 6.89. The van der Waals surface area contributed by atoms with Crippen molar-refractivity contribution in [3.8, 4) is 6.07 Å². The lowest BCUT2D eigenvalue weighted by molar-refractivity contribution is -0.128. The lowest BCUT2D eigenvalue weighted by Gasteiger charge is -2.18. The number of hydrogen-bond donors (Lipinski definition) is 3. The van der Waals surface area contributed by atoms with Gasteiger partial charge in [0.2, 0.25) is 5.60 Å². The van der Waals surface area contributed by atoms with Crippen LogP contribution < -0.4 is 15.5 Å². The van der Waals surface area contributed by atoms with Crippen molar-refractivity contribution in [2.45, 2.75) is 25.1 Å². The highest BCUT2D eigenvalue weighted by Gasteiger charge is 2.46. The van der Waals surface area contributed by atoms with Crippen molar-refractivity contribution in [3.05, 3.63) is 41.7 Å². The Bertz CT molecular complexity index is 1070. The van der Waals surface area contributed by atoms with Crippen molar-refractivity contribution in [2.75, 3.05) is 23.3 Å². The Kier molecular flexibility index (Phi) is 5.81. The number of carbonyl (C=O) groups is 2. The lowest BCUT2D eigenvalue weighted by atomic mass is 10.1. The van der Waals surface area contributed by atoms with Gasteiger partial charge in [-0.15, -0.1) is 0 Å². The number of pyridine rings is 2. The molecule has 31 heavy (non-hydrogen) atoms. The van der Waals surface area contributed by atoms with E-state index in [4.69, 9.17) is 5.26 Å². The number of aryl methyl sites for hydroxylation is 1. The van der Waals surface area contributed by atoms with Gasteiger partial charge < -0.3 is 20.6 Å². The van der Waals surface area contributed by atoms with Crippen molar-refractivity contribution >= 4 is 29.1 Å². The molecule has 1 saturated heterocycles. The summed E-state index contributed by atoms with van der Waals surface area (Å²) in [6.07, 6.45) is -1.98. The van der Waals surface area contributed by atoms with Gasteiger partial charge in [0.15, 0.2) is 0 Å². The van der Waals surface area contributed by atoms with Crippen molar-refractivity contribution < 1.29 is 27.9 Å². The van der Waals surface area contributed by atoms with Crippen molar-refractivity contribution in [2.24, 2.45) is 0 Å². The van der Waals surface area contributed by atoms with E-state index in [1.54, 1.807) is 24.4 Å². The smallest absolute Gasteiger partial charge is 0.368 e. The molecule has 0 radical (unpaired) electrons. The maximum Gasteiger partial charge on any atom is 0.405 e. The number of halogens is 3. The molecule has 3 heterocycles. The van der Waals surface area contributed by atoms with Crippen LogP contribution in [0.15, 0.2) is 30.6 Å². The molecule has 0 aromatic carbocycles. The van der Waals surface area contributed by atoms with E-state index in [9.17, 15) is 27.9 Å². The Morgan fingerprint density at radius 1 is 1.35 bits per heavy atom. The first-order valence-electron chi connectivity index (χ1n) is 9.03. The third kappa shape index (κ3) is 4.89. The molecule has 2 aromatic heterocycles. The summed E-state index contributed by atoms with van der Waals surface area (Å²) in [7, 11) is 0. The van der Waals surface area contributed by atoms with Crippen LogP contribution in [0.25, 0.3) is 0 Å². The van der Waals surface area contributed by atoms with E-state index in [1.807, 2.05) is 0 Å². The van der Waals surface area contributed by atoms with E-state index in [0.29, 0.717) is 17.1 Å². The first kappa shape index (κ1) is 22.0. The molecule has 1 aliphatic heterocycles. The third-order valence-electron chi connectivity index (χ3n) is 4.60. The Balaban J connectivity index is 1.73. The minimum absolute atomic E-state index is 0.00466. The van der Waals surface area contributed by atoms with Crippen LogP contribution in [0.5, 0.6) is 0 Å². The summed E-state index contributed by atoms with van der Waals surface area (Å²) in [4.78, 5) is 33.6. The summed E-state index contributed by atoms with van der Waals surface area (Å²) < 4.78 is 36.8. The number of anilines is 3. The molecule has 3 N–H and O–H groups in total.